The number of allylic oxidation sites excluding steroid dienone is 1. The molecule has 3 rings (SSSR count). The highest BCUT2D eigenvalue weighted by Gasteiger charge is 2.65. The molecule has 1 heterocycles. The SMILES string of the molecule is CCC[C@H]1[C@H]2C=CC23COC[C@H]13. The number of hydrogen-bond donors (Lipinski definition) is 0. The third-order valence-electron chi connectivity index (χ3n) is 4.17. The molecule has 2 fully saturated rings. The number of rotatable bonds is 2. The van der Waals surface area contributed by atoms with Crippen LogP contribution < -0.4 is 0 Å². The normalized spacial score (nSPS) is 53.9. The summed E-state index contributed by atoms with van der Waals surface area (Å²) in [5, 5.41) is 0. The van der Waals surface area contributed by atoms with E-state index in [9.17, 15) is 0 Å². The van der Waals surface area contributed by atoms with Crippen molar-refractivity contribution in [3.05, 3.63) is 12.2 Å². The van der Waals surface area contributed by atoms with Gasteiger partial charge >= 0.3 is 0 Å². The summed E-state index contributed by atoms with van der Waals surface area (Å²) in [7, 11) is 0. The highest BCUT2D eigenvalue weighted by atomic mass is 16.5. The maximum absolute atomic E-state index is 5.58. The second-order valence-corrected chi connectivity index (χ2v) is 4.57. The van der Waals surface area contributed by atoms with E-state index < -0.39 is 0 Å². The molecule has 1 unspecified atom stereocenters. The first-order valence-corrected chi connectivity index (χ1v) is 5.15. The zero-order chi connectivity index (χ0) is 8.18. The molecule has 0 bridgehead atoms. The van der Waals surface area contributed by atoms with E-state index in [1.54, 1.807) is 0 Å². The Morgan fingerprint density at radius 2 is 2.50 bits per heavy atom. The van der Waals surface area contributed by atoms with Crippen LogP contribution in [0.15, 0.2) is 12.2 Å². The molecule has 1 heteroatoms. The molecule has 0 amide bonds. The van der Waals surface area contributed by atoms with Gasteiger partial charge in [-0.1, -0.05) is 25.5 Å². The average molecular weight is 164 g/mol. The molecule has 1 nitrogen and oxygen atoms in total. The Bertz CT molecular complexity index is 233. The summed E-state index contributed by atoms with van der Waals surface area (Å²) in [6.45, 7) is 4.34. The van der Waals surface area contributed by atoms with Crippen LogP contribution in [0.3, 0.4) is 0 Å². The van der Waals surface area contributed by atoms with Gasteiger partial charge in [-0.25, -0.2) is 0 Å². The first-order valence-electron chi connectivity index (χ1n) is 5.15. The molecule has 1 spiro atoms. The predicted molar refractivity (Wildman–Crippen MR) is 47.8 cm³/mol. The van der Waals surface area contributed by atoms with Crippen molar-refractivity contribution in [3.63, 3.8) is 0 Å². The van der Waals surface area contributed by atoms with E-state index in [4.69, 9.17) is 4.74 Å². The van der Waals surface area contributed by atoms with Gasteiger partial charge in [-0.2, -0.15) is 0 Å². The molecule has 0 N–H and O–H groups in total. The molecule has 4 atom stereocenters. The smallest absolute Gasteiger partial charge is 0.0566 e. The lowest BCUT2D eigenvalue weighted by atomic mass is 9.42. The molecule has 0 radical (unpaired) electrons. The van der Waals surface area contributed by atoms with Crippen molar-refractivity contribution < 1.29 is 4.74 Å². The quantitative estimate of drug-likeness (QED) is 0.569. The Morgan fingerprint density at radius 1 is 1.58 bits per heavy atom. The van der Waals surface area contributed by atoms with Crippen molar-refractivity contribution in [1.82, 2.24) is 0 Å². The van der Waals surface area contributed by atoms with Crippen LogP contribution in [-0.2, 0) is 4.74 Å². The van der Waals surface area contributed by atoms with Crippen molar-refractivity contribution >= 4 is 0 Å². The minimum Gasteiger partial charge on any atom is -0.380 e. The third-order valence-corrected chi connectivity index (χ3v) is 4.17. The second kappa shape index (κ2) is 2.14. The van der Waals surface area contributed by atoms with Gasteiger partial charge in [-0.15, -0.1) is 0 Å². The maximum Gasteiger partial charge on any atom is 0.0566 e. The predicted octanol–water partition coefficient (Wildman–Crippen LogP) is 2.24. The first-order chi connectivity index (χ1) is 5.88. The summed E-state index contributed by atoms with van der Waals surface area (Å²) in [5.41, 5.74) is 0.542. The zero-order valence-electron chi connectivity index (χ0n) is 7.62. The van der Waals surface area contributed by atoms with Gasteiger partial charge in [0, 0.05) is 5.41 Å². The van der Waals surface area contributed by atoms with Crippen LogP contribution in [0.25, 0.3) is 0 Å². The minimum absolute atomic E-state index is 0.542. The summed E-state index contributed by atoms with van der Waals surface area (Å²) in [6, 6.07) is 0. The van der Waals surface area contributed by atoms with Crippen molar-refractivity contribution in [1.29, 1.82) is 0 Å². The summed E-state index contributed by atoms with van der Waals surface area (Å²) in [6.07, 6.45) is 7.55. The van der Waals surface area contributed by atoms with Gasteiger partial charge in [0.25, 0.3) is 0 Å². The van der Waals surface area contributed by atoms with Gasteiger partial charge in [-0.3, -0.25) is 0 Å². The van der Waals surface area contributed by atoms with Crippen LogP contribution in [0, 0.1) is 23.2 Å². The molecule has 66 valence electrons. The first kappa shape index (κ1) is 7.14. The van der Waals surface area contributed by atoms with Gasteiger partial charge in [0.2, 0.25) is 0 Å². The van der Waals surface area contributed by atoms with E-state index >= 15 is 0 Å². The lowest BCUT2D eigenvalue weighted by molar-refractivity contribution is -0.0472. The highest BCUT2D eigenvalue weighted by molar-refractivity contribution is 5.31. The molecule has 2 aliphatic carbocycles. The Morgan fingerprint density at radius 3 is 3.17 bits per heavy atom. The van der Waals surface area contributed by atoms with E-state index in [-0.39, 0.29) is 0 Å². The highest BCUT2D eigenvalue weighted by Crippen LogP contribution is 2.66. The van der Waals surface area contributed by atoms with Crippen LogP contribution in [0.2, 0.25) is 0 Å². The molecule has 12 heavy (non-hydrogen) atoms. The lowest BCUT2D eigenvalue weighted by Crippen LogP contribution is -2.58. The summed E-state index contributed by atoms with van der Waals surface area (Å²) < 4.78 is 5.58. The van der Waals surface area contributed by atoms with Gasteiger partial charge in [-0.05, 0) is 24.2 Å². The van der Waals surface area contributed by atoms with Crippen molar-refractivity contribution in [2.24, 2.45) is 23.2 Å². The van der Waals surface area contributed by atoms with Crippen LogP contribution in [0.5, 0.6) is 0 Å². The second-order valence-electron chi connectivity index (χ2n) is 4.57. The van der Waals surface area contributed by atoms with Gasteiger partial charge in [0.1, 0.15) is 0 Å². The summed E-state index contributed by atoms with van der Waals surface area (Å²) in [4.78, 5) is 0. The topological polar surface area (TPSA) is 9.23 Å². The van der Waals surface area contributed by atoms with Crippen LogP contribution in [0.4, 0.5) is 0 Å². The van der Waals surface area contributed by atoms with Crippen molar-refractivity contribution in [3.8, 4) is 0 Å². The number of ether oxygens (including phenoxy) is 1. The monoisotopic (exact) mass is 164 g/mol. The third kappa shape index (κ3) is 0.576. The molecule has 3 aliphatic rings. The summed E-state index contributed by atoms with van der Waals surface area (Å²) in [5.74, 6) is 2.74. The molecule has 1 saturated heterocycles. The van der Waals surface area contributed by atoms with E-state index in [1.807, 2.05) is 0 Å². The Balaban J connectivity index is 1.82. The minimum atomic E-state index is 0.542. The fraction of sp³-hybridized carbons (Fsp3) is 0.818. The fourth-order valence-electron chi connectivity index (χ4n) is 3.50. The van der Waals surface area contributed by atoms with E-state index in [1.165, 1.54) is 12.8 Å². The molecule has 1 aliphatic heterocycles. The molecule has 0 aromatic rings. The van der Waals surface area contributed by atoms with Gasteiger partial charge in [0.15, 0.2) is 0 Å². The number of hydrogen-bond acceptors (Lipinski definition) is 1. The lowest BCUT2D eigenvalue weighted by Gasteiger charge is -2.60. The van der Waals surface area contributed by atoms with Crippen LogP contribution in [-0.4, -0.2) is 13.2 Å². The molecule has 1 saturated carbocycles. The standard InChI is InChI=1S/C11H16O/c1-2-3-8-9-4-5-11(9)7-12-6-10(8)11/h4-5,8-10H,2-3,6-7H2,1H3/t8-,9+,10+,11?/m0/s1. The Hall–Kier alpha value is -0.300. The van der Waals surface area contributed by atoms with E-state index in [0.717, 1.165) is 31.0 Å². The van der Waals surface area contributed by atoms with E-state index in [2.05, 4.69) is 19.1 Å². The largest absolute Gasteiger partial charge is 0.380 e. The maximum atomic E-state index is 5.58. The Kier molecular flexibility index (Phi) is 1.27. The molecular formula is C11H16O. The fourth-order valence-corrected chi connectivity index (χ4v) is 3.50. The molecular weight excluding hydrogens is 148 g/mol. The Labute approximate surface area is 73.8 Å². The summed E-state index contributed by atoms with van der Waals surface area (Å²) >= 11 is 0. The zero-order valence-corrected chi connectivity index (χ0v) is 7.62. The van der Waals surface area contributed by atoms with Crippen molar-refractivity contribution in [2.45, 2.75) is 19.8 Å². The molecule has 0 aromatic heterocycles. The van der Waals surface area contributed by atoms with Crippen LogP contribution >= 0.6 is 0 Å². The average Bonchev–Trinajstić information content (AvgIpc) is 2.45. The van der Waals surface area contributed by atoms with Gasteiger partial charge < -0.3 is 4.74 Å². The molecule has 0 aromatic carbocycles. The van der Waals surface area contributed by atoms with E-state index in [0.29, 0.717) is 5.41 Å². The van der Waals surface area contributed by atoms with Crippen molar-refractivity contribution in [2.75, 3.05) is 13.2 Å². The van der Waals surface area contributed by atoms with Gasteiger partial charge in [0.05, 0.1) is 13.2 Å². The van der Waals surface area contributed by atoms with Crippen LogP contribution in [0.1, 0.15) is 19.8 Å².